The van der Waals surface area contributed by atoms with E-state index in [2.05, 4.69) is 15.3 Å². The Morgan fingerprint density at radius 3 is 2.76 bits per heavy atom. The van der Waals surface area contributed by atoms with Crippen LogP contribution in [0.4, 0.5) is 0 Å². The average molecular weight is 304 g/mol. The highest BCUT2D eigenvalue weighted by molar-refractivity contribution is 6.32. The van der Waals surface area contributed by atoms with Gasteiger partial charge in [-0.3, -0.25) is 0 Å². The summed E-state index contributed by atoms with van der Waals surface area (Å²) in [5, 5.41) is 4.01. The minimum absolute atomic E-state index is 0.391. The number of hydrogen-bond acceptors (Lipinski definition) is 4. The molecule has 0 bridgehead atoms. The van der Waals surface area contributed by atoms with E-state index >= 15 is 0 Å². The fourth-order valence-corrected chi connectivity index (χ4v) is 2.66. The number of aromatic nitrogens is 2. The quantitative estimate of drug-likeness (QED) is 0.937. The van der Waals surface area contributed by atoms with Crippen molar-refractivity contribution < 1.29 is 4.74 Å². The van der Waals surface area contributed by atoms with Crippen molar-refractivity contribution in [1.82, 2.24) is 15.3 Å². The number of benzene rings is 1. The van der Waals surface area contributed by atoms with Gasteiger partial charge in [0.2, 0.25) is 0 Å². The lowest BCUT2D eigenvalue weighted by molar-refractivity contribution is 0.473. The third kappa shape index (κ3) is 3.71. The number of nitrogens with one attached hydrogen (secondary N) is 1. The summed E-state index contributed by atoms with van der Waals surface area (Å²) in [6, 6.07) is 7.37. The Bertz CT molecular complexity index is 580. The first-order valence-electron chi connectivity index (χ1n) is 7.28. The van der Waals surface area contributed by atoms with Gasteiger partial charge in [-0.2, -0.15) is 0 Å². The lowest BCUT2D eigenvalue weighted by Gasteiger charge is -2.13. The van der Waals surface area contributed by atoms with Gasteiger partial charge in [0.25, 0.3) is 0 Å². The van der Waals surface area contributed by atoms with Crippen molar-refractivity contribution in [3.63, 3.8) is 0 Å². The molecule has 4 nitrogen and oxygen atoms in total. The predicted molar refractivity (Wildman–Crippen MR) is 83.0 cm³/mol. The normalized spacial score (nSPS) is 19.0. The van der Waals surface area contributed by atoms with Crippen LogP contribution in [0.2, 0.25) is 5.02 Å². The number of halogens is 1. The van der Waals surface area contributed by atoms with Gasteiger partial charge in [0.15, 0.2) is 5.75 Å². The zero-order chi connectivity index (χ0) is 14.5. The van der Waals surface area contributed by atoms with Crippen LogP contribution in [0.1, 0.15) is 31.0 Å². The highest BCUT2D eigenvalue weighted by atomic mass is 35.5. The van der Waals surface area contributed by atoms with Crippen molar-refractivity contribution in [1.29, 1.82) is 0 Å². The van der Waals surface area contributed by atoms with Gasteiger partial charge in [-0.15, -0.1) is 0 Å². The summed E-state index contributed by atoms with van der Waals surface area (Å²) in [5.41, 5.74) is 0. The summed E-state index contributed by atoms with van der Waals surface area (Å²) >= 11 is 6.07. The molecule has 2 heterocycles. The molecular weight excluding hydrogens is 286 g/mol. The lowest BCUT2D eigenvalue weighted by atomic mass is 10.0. The van der Waals surface area contributed by atoms with Crippen molar-refractivity contribution in [2.24, 2.45) is 0 Å². The Labute approximate surface area is 129 Å². The third-order valence-corrected chi connectivity index (χ3v) is 3.94. The third-order valence-electron chi connectivity index (χ3n) is 3.62. The largest absolute Gasteiger partial charge is 0.453 e. The van der Waals surface area contributed by atoms with Crippen molar-refractivity contribution in [2.45, 2.75) is 25.2 Å². The maximum atomic E-state index is 6.07. The fraction of sp³-hybridized carbons (Fsp3) is 0.375. The van der Waals surface area contributed by atoms with Crippen LogP contribution in [-0.2, 0) is 0 Å². The molecular formula is C16H18ClN3O. The van der Waals surface area contributed by atoms with E-state index in [4.69, 9.17) is 16.3 Å². The van der Waals surface area contributed by atoms with E-state index in [1.165, 1.54) is 12.8 Å². The molecule has 0 amide bonds. The molecule has 1 unspecified atom stereocenters. The summed E-state index contributed by atoms with van der Waals surface area (Å²) < 4.78 is 5.70. The first-order chi connectivity index (χ1) is 10.3. The summed E-state index contributed by atoms with van der Waals surface area (Å²) in [4.78, 5) is 8.90. The van der Waals surface area contributed by atoms with Crippen molar-refractivity contribution in [3.05, 3.63) is 47.5 Å². The van der Waals surface area contributed by atoms with Gasteiger partial charge < -0.3 is 10.1 Å². The molecule has 0 spiro atoms. The van der Waals surface area contributed by atoms with Gasteiger partial charge in [-0.1, -0.05) is 30.2 Å². The number of para-hydroxylation sites is 1. The number of hydrogen-bond donors (Lipinski definition) is 1. The second-order valence-corrected chi connectivity index (χ2v) is 5.61. The van der Waals surface area contributed by atoms with Gasteiger partial charge in [-0.05, 0) is 31.5 Å². The molecule has 3 rings (SSSR count). The van der Waals surface area contributed by atoms with E-state index in [-0.39, 0.29) is 0 Å². The second-order valence-electron chi connectivity index (χ2n) is 5.21. The van der Waals surface area contributed by atoms with Crippen LogP contribution in [-0.4, -0.2) is 23.1 Å². The minimum Gasteiger partial charge on any atom is -0.453 e. The topological polar surface area (TPSA) is 47.0 Å². The molecule has 1 fully saturated rings. The van der Waals surface area contributed by atoms with E-state index in [1.807, 2.05) is 18.2 Å². The van der Waals surface area contributed by atoms with Crippen LogP contribution in [0.3, 0.4) is 0 Å². The SMILES string of the molecule is Clc1ccccc1Oc1cnc(C2CCCCNC2)nc1. The summed E-state index contributed by atoms with van der Waals surface area (Å²) in [5.74, 6) is 2.50. The maximum absolute atomic E-state index is 6.07. The molecule has 5 heteroatoms. The monoisotopic (exact) mass is 303 g/mol. The van der Waals surface area contributed by atoms with E-state index in [9.17, 15) is 0 Å². The molecule has 1 aromatic carbocycles. The molecule has 1 atom stereocenters. The summed E-state index contributed by atoms with van der Waals surface area (Å²) in [7, 11) is 0. The van der Waals surface area contributed by atoms with E-state index < -0.39 is 0 Å². The first kappa shape index (κ1) is 14.3. The minimum atomic E-state index is 0.391. The van der Waals surface area contributed by atoms with E-state index in [1.54, 1.807) is 18.5 Å². The highest BCUT2D eigenvalue weighted by Gasteiger charge is 2.16. The van der Waals surface area contributed by atoms with E-state index in [0.29, 0.717) is 22.4 Å². The Morgan fingerprint density at radius 1 is 1.14 bits per heavy atom. The molecule has 1 aromatic heterocycles. The molecule has 21 heavy (non-hydrogen) atoms. The van der Waals surface area contributed by atoms with Gasteiger partial charge in [0.1, 0.15) is 11.6 Å². The molecule has 110 valence electrons. The summed E-state index contributed by atoms with van der Waals surface area (Å²) in [6.07, 6.45) is 7.02. The highest BCUT2D eigenvalue weighted by Crippen LogP contribution is 2.28. The molecule has 0 aliphatic carbocycles. The van der Waals surface area contributed by atoms with Crippen LogP contribution >= 0.6 is 11.6 Å². The van der Waals surface area contributed by atoms with E-state index in [0.717, 1.165) is 25.3 Å². The van der Waals surface area contributed by atoms with Crippen LogP contribution < -0.4 is 10.1 Å². The molecule has 0 saturated carbocycles. The average Bonchev–Trinajstić information content (AvgIpc) is 2.80. The molecule has 0 radical (unpaired) electrons. The zero-order valence-electron chi connectivity index (χ0n) is 11.8. The van der Waals surface area contributed by atoms with Crippen LogP contribution in [0, 0.1) is 0 Å². The molecule has 1 aliphatic heterocycles. The standard InChI is InChI=1S/C16H18ClN3O/c17-14-6-1-2-7-15(14)21-13-10-19-16(20-11-13)12-5-3-4-8-18-9-12/h1-2,6-7,10-12,18H,3-5,8-9H2. The van der Waals surface area contributed by atoms with Crippen LogP contribution in [0.15, 0.2) is 36.7 Å². The second kappa shape index (κ2) is 6.87. The van der Waals surface area contributed by atoms with Crippen molar-refractivity contribution in [2.75, 3.05) is 13.1 Å². The Kier molecular flexibility index (Phi) is 4.68. The van der Waals surface area contributed by atoms with Gasteiger partial charge >= 0.3 is 0 Å². The number of nitrogens with zero attached hydrogens (tertiary/aromatic N) is 2. The Balaban J connectivity index is 1.70. The van der Waals surface area contributed by atoms with Crippen molar-refractivity contribution in [3.8, 4) is 11.5 Å². The van der Waals surface area contributed by atoms with Gasteiger partial charge in [0.05, 0.1) is 17.4 Å². The van der Waals surface area contributed by atoms with Gasteiger partial charge in [-0.25, -0.2) is 9.97 Å². The van der Waals surface area contributed by atoms with Crippen LogP contribution in [0.5, 0.6) is 11.5 Å². The number of rotatable bonds is 3. The predicted octanol–water partition coefficient (Wildman–Crippen LogP) is 3.78. The van der Waals surface area contributed by atoms with Crippen molar-refractivity contribution >= 4 is 11.6 Å². The molecule has 2 aromatic rings. The lowest BCUT2D eigenvalue weighted by Crippen LogP contribution is -2.20. The molecule has 1 N–H and O–H groups in total. The van der Waals surface area contributed by atoms with Crippen LogP contribution in [0.25, 0.3) is 0 Å². The molecule has 1 aliphatic rings. The Hall–Kier alpha value is -1.65. The molecule has 1 saturated heterocycles. The maximum Gasteiger partial charge on any atom is 0.164 e. The Morgan fingerprint density at radius 2 is 1.95 bits per heavy atom. The van der Waals surface area contributed by atoms with Gasteiger partial charge in [0, 0.05) is 12.5 Å². The smallest absolute Gasteiger partial charge is 0.164 e. The first-order valence-corrected chi connectivity index (χ1v) is 7.66. The number of ether oxygens (including phenoxy) is 1. The zero-order valence-corrected chi connectivity index (χ0v) is 12.5. The fourth-order valence-electron chi connectivity index (χ4n) is 2.48. The summed E-state index contributed by atoms with van der Waals surface area (Å²) in [6.45, 7) is 2.04.